The first-order valence-corrected chi connectivity index (χ1v) is 6.00. The van der Waals surface area contributed by atoms with Gasteiger partial charge < -0.3 is 10.3 Å². The molecule has 2 N–H and O–H groups in total. The van der Waals surface area contributed by atoms with Gasteiger partial charge in [0.1, 0.15) is 5.76 Å². The number of thiazole rings is 1. The number of nitrogens with zero attached hydrogens (tertiary/aromatic N) is 2. The minimum atomic E-state index is 0.561. The van der Waals surface area contributed by atoms with Crippen LogP contribution in [0.3, 0.4) is 0 Å². The number of nitrogens with two attached hydrogens (primary N) is 1. The van der Waals surface area contributed by atoms with Crippen LogP contribution in [0.1, 0.15) is 32.6 Å². The van der Waals surface area contributed by atoms with Gasteiger partial charge in [-0.2, -0.15) is 0 Å². The van der Waals surface area contributed by atoms with E-state index in [-0.39, 0.29) is 0 Å². The van der Waals surface area contributed by atoms with Crippen molar-refractivity contribution in [2.75, 3.05) is 0 Å². The first kappa shape index (κ1) is 11.3. The van der Waals surface area contributed by atoms with Crippen LogP contribution in [0.2, 0.25) is 0 Å². The molecule has 2 heterocycles. The lowest BCUT2D eigenvalue weighted by atomic mass is 10.1. The Balaban J connectivity index is 2.27. The highest BCUT2D eigenvalue weighted by molar-refractivity contribution is 7.11. The van der Waals surface area contributed by atoms with E-state index in [1.165, 1.54) is 0 Å². The van der Waals surface area contributed by atoms with E-state index in [4.69, 9.17) is 10.3 Å². The zero-order valence-electron chi connectivity index (χ0n) is 9.70. The van der Waals surface area contributed by atoms with Gasteiger partial charge in [0.05, 0.1) is 16.4 Å². The fourth-order valence-electron chi connectivity index (χ4n) is 1.66. The van der Waals surface area contributed by atoms with E-state index in [0.717, 1.165) is 39.0 Å². The SMILES string of the molecule is Cc1nc(Cc2c(C)noc2C)sc1CN. The molecule has 0 saturated heterocycles. The van der Waals surface area contributed by atoms with Gasteiger partial charge >= 0.3 is 0 Å². The largest absolute Gasteiger partial charge is 0.361 e. The molecule has 0 saturated carbocycles. The Hall–Kier alpha value is -1.20. The summed E-state index contributed by atoms with van der Waals surface area (Å²) in [5.41, 5.74) is 8.75. The van der Waals surface area contributed by atoms with Gasteiger partial charge in [0.25, 0.3) is 0 Å². The van der Waals surface area contributed by atoms with Crippen LogP contribution >= 0.6 is 11.3 Å². The Morgan fingerprint density at radius 3 is 2.50 bits per heavy atom. The molecule has 0 aliphatic heterocycles. The van der Waals surface area contributed by atoms with E-state index in [1.807, 2.05) is 20.8 Å². The number of hydrogen-bond donors (Lipinski definition) is 1. The van der Waals surface area contributed by atoms with E-state index in [2.05, 4.69) is 10.1 Å². The van der Waals surface area contributed by atoms with Crippen molar-refractivity contribution in [3.63, 3.8) is 0 Å². The van der Waals surface area contributed by atoms with Crippen LogP contribution in [0.4, 0.5) is 0 Å². The summed E-state index contributed by atoms with van der Waals surface area (Å²) >= 11 is 1.67. The molecule has 86 valence electrons. The molecule has 0 radical (unpaired) electrons. The third-order valence-electron chi connectivity index (χ3n) is 2.63. The van der Waals surface area contributed by atoms with Crippen LogP contribution in [0, 0.1) is 20.8 Å². The Labute approximate surface area is 98.5 Å². The topological polar surface area (TPSA) is 64.9 Å². The maximum absolute atomic E-state index is 5.64. The van der Waals surface area contributed by atoms with Crippen molar-refractivity contribution >= 4 is 11.3 Å². The second kappa shape index (κ2) is 4.35. The van der Waals surface area contributed by atoms with E-state index < -0.39 is 0 Å². The Morgan fingerprint density at radius 2 is 2.00 bits per heavy atom. The summed E-state index contributed by atoms with van der Waals surface area (Å²) in [4.78, 5) is 5.66. The molecule has 0 spiro atoms. The van der Waals surface area contributed by atoms with Crippen LogP contribution in [0.5, 0.6) is 0 Å². The van der Waals surface area contributed by atoms with Crippen molar-refractivity contribution in [2.45, 2.75) is 33.7 Å². The smallest absolute Gasteiger partial charge is 0.137 e. The minimum absolute atomic E-state index is 0.561. The monoisotopic (exact) mass is 237 g/mol. The van der Waals surface area contributed by atoms with Gasteiger partial charge in [-0.1, -0.05) is 5.16 Å². The van der Waals surface area contributed by atoms with Gasteiger partial charge in [-0.3, -0.25) is 0 Å². The maximum Gasteiger partial charge on any atom is 0.137 e. The van der Waals surface area contributed by atoms with Crippen LogP contribution in [0.25, 0.3) is 0 Å². The highest BCUT2D eigenvalue weighted by atomic mass is 32.1. The molecular weight excluding hydrogens is 222 g/mol. The number of rotatable bonds is 3. The third kappa shape index (κ3) is 2.01. The first-order valence-electron chi connectivity index (χ1n) is 5.18. The zero-order chi connectivity index (χ0) is 11.7. The second-order valence-electron chi connectivity index (χ2n) is 3.80. The quantitative estimate of drug-likeness (QED) is 0.888. The lowest BCUT2D eigenvalue weighted by Crippen LogP contribution is -1.94. The molecule has 0 fully saturated rings. The lowest BCUT2D eigenvalue weighted by Gasteiger charge is -1.94. The summed E-state index contributed by atoms with van der Waals surface area (Å²) in [6.07, 6.45) is 0.784. The van der Waals surface area contributed by atoms with Gasteiger partial charge in [-0.15, -0.1) is 11.3 Å². The zero-order valence-corrected chi connectivity index (χ0v) is 10.5. The maximum atomic E-state index is 5.64. The van der Waals surface area contributed by atoms with Crippen molar-refractivity contribution in [2.24, 2.45) is 5.73 Å². The van der Waals surface area contributed by atoms with Gasteiger partial charge in [-0.05, 0) is 20.8 Å². The van der Waals surface area contributed by atoms with E-state index in [1.54, 1.807) is 11.3 Å². The number of hydrogen-bond acceptors (Lipinski definition) is 5. The molecular formula is C11H15N3OS. The third-order valence-corrected chi connectivity index (χ3v) is 3.81. The standard InChI is InChI=1S/C11H15N3OS/c1-6-9(8(3)15-14-6)4-11-13-7(2)10(5-12)16-11/h4-5,12H2,1-3H3. The van der Waals surface area contributed by atoms with Gasteiger partial charge in [0, 0.05) is 23.4 Å². The molecule has 0 unspecified atom stereocenters. The molecule has 0 aliphatic rings. The van der Waals surface area contributed by atoms with Crippen LogP contribution in [-0.2, 0) is 13.0 Å². The molecule has 5 heteroatoms. The second-order valence-corrected chi connectivity index (χ2v) is 4.97. The summed E-state index contributed by atoms with van der Waals surface area (Å²) < 4.78 is 5.13. The molecule has 2 aromatic heterocycles. The summed E-state index contributed by atoms with van der Waals surface area (Å²) in [6, 6.07) is 0. The molecule has 2 aromatic rings. The molecule has 2 rings (SSSR count). The van der Waals surface area contributed by atoms with Crippen LogP contribution in [0.15, 0.2) is 4.52 Å². The van der Waals surface area contributed by atoms with Gasteiger partial charge in [-0.25, -0.2) is 4.98 Å². The molecule has 16 heavy (non-hydrogen) atoms. The highest BCUT2D eigenvalue weighted by Crippen LogP contribution is 2.23. The fraction of sp³-hybridized carbons (Fsp3) is 0.455. The van der Waals surface area contributed by atoms with Crippen LogP contribution in [-0.4, -0.2) is 10.1 Å². The molecule has 0 aliphatic carbocycles. The lowest BCUT2D eigenvalue weighted by molar-refractivity contribution is 0.392. The van der Waals surface area contributed by atoms with Crippen molar-refractivity contribution in [3.8, 4) is 0 Å². The van der Waals surface area contributed by atoms with Crippen molar-refractivity contribution in [1.29, 1.82) is 0 Å². The summed E-state index contributed by atoms with van der Waals surface area (Å²) in [6.45, 7) is 6.44. The van der Waals surface area contributed by atoms with E-state index in [9.17, 15) is 0 Å². The first-order chi connectivity index (χ1) is 7.61. The Bertz CT molecular complexity index is 482. The van der Waals surface area contributed by atoms with Gasteiger partial charge in [0.15, 0.2) is 0 Å². The molecule has 0 amide bonds. The summed E-state index contributed by atoms with van der Waals surface area (Å²) in [7, 11) is 0. The predicted octanol–water partition coefficient (Wildman–Crippen LogP) is 2.11. The van der Waals surface area contributed by atoms with Crippen molar-refractivity contribution < 1.29 is 4.52 Å². The van der Waals surface area contributed by atoms with Crippen molar-refractivity contribution in [1.82, 2.24) is 10.1 Å². The molecule has 0 bridgehead atoms. The fourth-order valence-corrected chi connectivity index (χ4v) is 2.62. The molecule has 4 nitrogen and oxygen atoms in total. The van der Waals surface area contributed by atoms with Crippen LogP contribution < -0.4 is 5.73 Å². The minimum Gasteiger partial charge on any atom is -0.361 e. The van der Waals surface area contributed by atoms with Crippen molar-refractivity contribution in [3.05, 3.63) is 32.6 Å². The average Bonchev–Trinajstić information content (AvgIpc) is 2.76. The number of aryl methyl sites for hydroxylation is 3. The molecule has 0 atom stereocenters. The normalized spacial score (nSPS) is 11.0. The number of aromatic nitrogens is 2. The summed E-state index contributed by atoms with van der Waals surface area (Å²) in [5, 5.41) is 5.02. The van der Waals surface area contributed by atoms with Gasteiger partial charge in [0.2, 0.25) is 0 Å². The van der Waals surface area contributed by atoms with E-state index in [0.29, 0.717) is 6.54 Å². The Morgan fingerprint density at radius 1 is 1.25 bits per heavy atom. The highest BCUT2D eigenvalue weighted by Gasteiger charge is 2.13. The Kier molecular flexibility index (Phi) is 3.07. The predicted molar refractivity (Wildman–Crippen MR) is 63.5 cm³/mol. The molecule has 0 aromatic carbocycles. The van der Waals surface area contributed by atoms with E-state index >= 15 is 0 Å². The average molecular weight is 237 g/mol. The summed E-state index contributed by atoms with van der Waals surface area (Å²) in [5.74, 6) is 0.875.